The number of hydrogen-bond donors (Lipinski definition) is 1. The summed E-state index contributed by atoms with van der Waals surface area (Å²) in [6.07, 6.45) is -1.53. The van der Waals surface area contributed by atoms with E-state index in [4.69, 9.17) is 0 Å². The molecule has 12 heteroatoms. The SMILES string of the molecule is O=S(=O)(c1cccc(C(F)(F)F)c1)N1CCCCC1CNc1cnc2cc(F)c(F)cc2n1. The lowest BCUT2D eigenvalue weighted by Crippen LogP contribution is -2.47. The van der Waals surface area contributed by atoms with E-state index in [1.54, 1.807) is 0 Å². The van der Waals surface area contributed by atoms with Crippen molar-refractivity contribution in [1.29, 1.82) is 0 Å². The molecule has 1 atom stereocenters. The predicted octanol–water partition coefficient (Wildman–Crippen LogP) is 4.58. The van der Waals surface area contributed by atoms with Gasteiger partial charge in [0.15, 0.2) is 11.6 Å². The Bertz CT molecular complexity index is 1280. The highest BCUT2D eigenvalue weighted by atomic mass is 32.2. The number of alkyl halides is 3. The minimum atomic E-state index is -4.66. The Morgan fingerprint density at radius 1 is 1.06 bits per heavy atom. The number of fused-ring (bicyclic) bond motifs is 1. The summed E-state index contributed by atoms with van der Waals surface area (Å²) in [5.74, 6) is -1.88. The van der Waals surface area contributed by atoms with Crippen LogP contribution in [0.1, 0.15) is 24.8 Å². The normalized spacial score (nSPS) is 17.9. The number of piperidine rings is 1. The van der Waals surface area contributed by atoms with Gasteiger partial charge in [0, 0.05) is 31.3 Å². The number of sulfonamides is 1. The second-order valence-electron chi connectivity index (χ2n) is 7.68. The molecule has 0 amide bonds. The molecule has 176 valence electrons. The van der Waals surface area contributed by atoms with E-state index in [1.165, 1.54) is 10.5 Å². The number of nitrogens with one attached hydrogen (secondary N) is 1. The van der Waals surface area contributed by atoms with Crippen molar-refractivity contribution >= 4 is 26.9 Å². The standard InChI is InChI=1S/C21H19F5N4O2S/c22-16-9-18-19(10-17(16)23)29-20(12-27-18)28-11-14-5-1-2-7-30(14)33(31,32)15-6-3-4-13(8-15)21(24,25)26/h3-4,6,8-10,12,14H,1-2,5,7,11H2,(H,28,29). The first-order valence-electron chi connectivity index (χ1n) is 10.1. The maximum atomic E-state index is 13.5. The van der Waals surface area contributed by atoms with E-state index in [0.29, 0.717) is 18.9 Å². The maximum Gasteiger partial charge on any atom is 0.416 e. The first kappa shape index (κ1) is 23.3. The van der Waals surface area contributed by atoms with Gasteiger partial charge in [0.25, 0.3) is 0 Å². The highest BCUT2D eigenvalue weighted by Gasteiger charge is 2.36. The number of benzene rings is 2. The van der Waals surface area contributed by atoms with Crippen LogP contribution in [0.25, 0.3) is 11.0 Å². The molecule has 1 unspecified atom stereocenters. The second kappa shape index (κ2) is 8.82. The van der Waals surface area contributed by atoms with Gasteiger partial charge in [0.1, 0.15) is 5.82 Å². The molecule has 1 aliphatic heterocycles. The molecular weight excluding hydrogens is 467 g/mol. The number of halogens is 5. The zero-order valence-electron chi connectivity index (χ0n) is 17.1. The van der Waals surface area contributed by atoms with Crippen molar-refractivity contribution < 1.29 is 30.4 Å². The summed E-state index contributed by atoms with van der Waals surface area (Å²) in [5.41, 5.74) is -0.757. The van der Waals surface area contributed by atoms with Gasteiger partial charge in [-0.15, -0.1) is 0 Å². The Morgan fingerprint density at radius 2 is 1.79 bits per heavy atom. The summed E-state index contributed by atoms with van der Waals surface area (Å²) in [6, 6.07) is 4.96. The first-order valence-corrected chi connectivity index (χ1v) is 11.5. The maximum absolute atomic E-state index is 13.5. The highest BCUT2D eigenvalue weighted by molar-refractivity contribution is 7.89. The van der Waals surface area contributed by atoms with Gasteiger partial charge < -0.3 is 5.32 Å². The van der Waals surface area contributed by atoms with Crippen molar-refractivity contribution in [3.05, 3.63) is 59.8 Å². The third-order valence-corrected chi connectivity index (χ3v) is 7.39. The largest absolute Gasteiger partial charge is 0.416 e. The fourth-order valence-electron chi connectivity index (χ4n) is 3.78. The molecule has 3 aromatic rings. The molecule has 33 heavy (non-hydrogen) atoms. The van der Waals surface area contributed by atoms with Gasteiger partial charge in [-0.2, -0.15) is 17.5 Å². The molecule has 4 rings (SSSR count). The van der Waals surface area contributed by atoms with Gasteiger partial charge in [-0.05, 0) is 31.0 Å². The molecule has 1 saturated heterocycles. The van der Waals surface area contributed by atoms with Crippen molar-refractivity contribution in [3.63, 3.8) is 0 Å². The summed E-state index contributed by atoms with van der Waals surface area (Å²) in [6.45, 7) is 0.279. The smallest absolute Gasteiger partial charge is 0.367 e. The van der Waals surface area contributed by atoms with Crippen LogP contribution in [-0.2, 0) is 16.2 Å². The monoisotopic (exact) mass is 486 g/mol. The lowest BCUT2D eigenvalue weighted by atomic mass is 10.1. The first-order chi connectivity index (χ1) is 15.6. The summed E-state index contributed by atoms with van der Waals surface area (Å²) in [7, 11) is -4.18. The third-order valence-electron chi connectivity index (χ3n) is 5.44. The molecule has 1 N–H and O–H groups in total. The fourth-order valence-corrected chi connectivity index (χ4v) is 5.52. The minimum absolute atomic E-state index is 0.113. The molecule has 2 aromatic carbocycles. The molecule has 1 aliphatic rings. The molecule has 6 nitrogen and oxygen atoms in total. The van der Waals surface area contributed by atoms with E-state index >= 15 is 0 Å². The van der Waals surface area contributed by atoms with E-state index in [2.05, 4.69) is 15.3 Å². The molecule has 2 heterocycles. The molecule has 0 radical (unpaired) electrons. The van der Waals surface area contributed by atoms with E-state index < -0.39 is 44.3 Å². The third kappa shape index (κ3) is 4.91. The van der Waals surface area contributed by atoms with Crippen LogP contribution >= 0.6 is 0 Å². The Labute approximate surface area is 186 Å². The average molecular weight is 486 g/mol. The fraction of sp³-hybridized carbons (Fsp3) is 0.333. The number of hydrogen-bond acceptors (Lipinski definition) is 5. The van der Waals surface area contributed by atoms with Gasteiger partial charge in [0.2, 0.25) is 10.0 Å². The van der Waals surface area contributed by atoms with Gasteiger partial charge in [-0.3, -0.25) is 4.98 Å². The number of anilines is 1. The van der Waals surface area contributed by atoms with E-state index in [-0.39, 0.29) is 29.9 Å². The Morgan fingerprint density at radius 3 is 2.52 bits per heavy atom. The van der Waals surface area contributed by atoms with Crippen LogP contribution in [0.15, 0.2) is 47.5 Å². The van der Waals surface area contributed by atoms with E-state index in [9.17, 15) is 30.4 Å². The van der Waals surface area contributed by atoms with Gasteiger partial charge in [-0.1, -0.05) is 12.5 Å². The summed E-state index contributed by atoms with van der Waals surface area (Å²) >= 11 is 0. The lowest BCUT2D eigenvalue weighted by Gasteiger charge is -2.35. The Kier molecular flexibility index (Phi) is 6.23. The summed E-state index contributed by atoms with van der Waals surface area (Å²) in [4.78, 5) is 7.77. The molecular formula is C21H19F5N4O2S. The lowest BCUT2D eigenvalue weighted by molar-refractivity contribution is -0.137. The van der Waals surface area contributed by atoms with Gasteiger partial charge in [-0.25, -0.2) is 22.2 Å². The van der Waals surface area contributed by atoms with Crippen molar-refractivity contribution in [2.24, 2.45) is 0 Å². The zero-order valence-corrected chi connectivity index (χ0v) is 17.9. The van der Waals surface area contributed by atoms with Gasteiger partial charge >= 0.3 is 6.18 Å². The molecule has 0 bridgehead atoms. The quantitative estimate of drug-likeness (QED) is 0.535. The van der Waals surface area contributed by atoms with Crippen LogP contribution in [0.5, 0.6) is 0 Å². The summed E-state index contributed by atoms with van der Waals surface area (Å²) in [5, 5.41) is 2.95. The van der Waals surface area contributed by atoms with Crippen LogP contribution in [0, 0.1) is 11.6 Å². The number of rotatable bonds is 5. The molecule has 1 fully saturated rings. The number of nitrogens with zero attached hydrogens (tertiary/aromatic N) is 3. The van der Waals surface area contributed by atoms with E-state index in [0.717, 1.165) is 36.8 Å². The van der Waals surface area contributed by atoms with Crippen LogP contribution < -0.4 is 5.32 Å². The van der Waals surface area contributed by atoms with E-state index in [1.807, 2.05) is 0 Å². The molecule has 0 spiro atoms. The second-order valence-corrected chi connectivity index (χ2v) is 9.57. The van der Waals surface area contributed by atoms with Crippen LogP contribution in [0.4, 0.5) is 27.8 Å². The Balaban J connectivity index is 1.55. The summed E-state index contributed by atoms with van der Waals surface area (Å²) < 4.78 is 93.5. The predicted molar refractivity (Wildman–Crippen MR) is 111 cm³/mol. The zero-order chi connectivity index (χ0) is 23.8. The Hall–Kier alpha value is -2.86. The average Bonchev–Trinajstić information content (AvgIpc) is 2.78. The molecule has 1 aromatic heterocycles. The van der Waals surface area contributed by atoms with Gasteiger partial charge in [0.05, 0.1) is 27.7 Å². The number of aromatic nitrogens is 2. The van der Waals surface area contributed by atoms with Crippen LogP contribution in [0.3, 0.4) is 0 Å². The van der Waals surface area contributed by atoms with Crippen LogP contribution in [0.2, 0.25) is 0 Å². The molecule has 0 saturated carbocycles. The van der Waals surface area contributed by atoms with Crippen molar-refractivity contribution in [2.45, 2.75) is 36.4 Å². The van der Waals surface area contributed by atoms with Crippen molar-refractivity contribution in [3.8, 4) is 0 Å². The van der Waals surface area contributed by atoms with Crippen LogP contribution in [-0.4, -0.2) is 41.8 Å². The highest BCUT2D eigenvalue weighted by Crippen LogP contribution is 2.32. The van der Waals surface area contributed by atoms with Crippen molar-refractivity contribution in [1.82, 2.24) is 14.3 Å². The molecule has 0 aliphatic carbocycles. The topological polar surface area (TPSA) is 75.2 Å². The minimum Gasteiger partial charge on any atom is -0.367 e. The van der Waals surface area contributed by atoms with Crippen molar-refractivity contribution in [2.75, 3.05) is 18.4 Å².